The van der Waals surface area contributed by atoms with Gasteiger partial charge in [-0.05, 0) is 32.2 Å². The summed E-state index contributed by atoms with van der Waals surface area (Å²) >= 11 is 0. The number of anilines is 1. The molecule has 2 aromatic rings. The molecule has 1 aromatic heterocycles. The van der Waals surface area contributed by atoms with Crippen LogP contribution in [0.1, 0.15) is 17.1 Å². The SMILES string of the molecule is CNCc1cc(CN(C)c2ccccc2OC)oc1C. The molecule has 0 aliphatic rings. The summed E-state index contributed by atoms with van der Waals surface area (Å²) in [5.74, 6) is 2.80. The van der Waals surface area contributed by atoms with Crippen LogP contribution in [0.15, 0.2) is 34.7 Å². The van der Waals surface area contributed by atoms with Gasteiger partial charge in [0.25, 0.3) is 0 Å². The predicted octanol–water partition coefficient (Wildman–Crippen LogP) is 2.95. The lowest BCUT2D eigenvalue weighted by molar-refractivity contribution is 0.413. The van der Waals surface area contributed by atoms with Crippen LogP contribution in [0, 0.1) is 6.92 Å². The summed E-state index contributed by atoms with van der Waals surface area (Å²) in [6.45, 7) is 3.54. The maximum Gasteiger partial charge on any atom is 0.142 e. The van der Waals surface area contributed by atoms with Gasteiger partial charge in [0.1, 0.15) is 17.3 Å². The Morgan fingerprint density at radius 3 is 2.75 bits per heavy atom. The summed E-state index contributed by atoms with van der Waals surface area (Å²) in [4.78, 5) is 2.13. The van der Waals surface area contributed by atoms with Crippen molar-refractivity contribution in [3.63, 3.8) is 0 Å². The molecule has 0 aliphatic heterocycles. The highest BCUT2D eigenvalue weighted by Gasteiger charge is 2.12. The van der Waals surface area contributed by atoms with Crippen LogP contribution in [0.4, 0.5) is 5.69 Å². The first kappa shape index (κ1) is 14.5. The molecule has 0 fully saturated rings. The Bertz CT molecular complexity index is 563. The minimum Gasteiger partial charge on any atom is -0.495 e. The molecule has 1 N–H and O–H groups in total. The molecule has 2 rings (SSSR count). The molecular formula is C16H22N2O2. The van der Waals surface area contributed by atoms with E-state index < -0.39 is 0 Å². The fraction of sp³-hybridized carbons (Fsp3) is 0.375. The third-order valence-corrected chi connectivity index (χ3v) is 3.33. The number of furan rings is 1. The molecule has 108 valence electrons. The first-order chi connectivity index (χ1) is 9.65. The van der Waals surface area contributed by atoms with Gasteiger partial charge in [-0.2, -0.15) is 0 Å². The molecule has 1 heterocycles. The number of nitrogens with zero attached hydrogens (tertiary/aromatic N) is 1. The number of aryl methyl sites for hydroxylation is 1. The van der Waals surface area contributed by atoms with Gasteiger partial charge in [-0.25, -0.2) is 0 Å². The van der Waals surface area contributed by atoms with E-state index in [1.165, 1.54) is 5.56 Å². The molecule has 0 radical (unpaired) electrons. The van der Waals surface area contributed by atoms with Gasteiger partial charge in [0.05, 0.1) is 19.3 Å². The second-order valence-corrected chi connectivity index (χ2v) is 4.85. The Balaban J connectivity index is 2.15. The van der Waals surface area contributed by atoms with E-state index in [-0.39, 0.29) is 0 Å². The van der Waals surface area contributed by atoms with E-state index in [1.54, 1.807) is 7.11 Å². The molecule has 1 aromatic carbocycles. The molecule has 0 unspecified atom stereocenters. The number of ether oxygens (including phenoxy) is 1. The van der Waals surface area contributed by atoms with Crippen molar-refractivity contribution >= 4 is 5.69 Å². The van der Waals surface area contributed by atoms with Crippen LogP contribution in [-0.4, -0.2) is 21.2 Å². The zero-order valence-electron chi connectivity index (χ0n) is 12.6. The van der Waals surface area contributed by atoms with Crippen molar-refractivity contribution in [2.24, 2.45) is 0 Å². The smallest absolute Gasteiger partial charge is 0.142 e. The lowest BCUT2D eigenvalue weighted by Crippen LogP contribution is -2.16. The third-order valence-electron chi connectivity index (χ3n) is 3.33. The molecule has 0 atom stereocenters. The van der Waals surface area contributed by atoms with Crippen molar-refractivity contribution in [3.05, 3.63) is 47.4 Å². The maximum atomic E-state index is 5.81. The summed E-state index contributed by atoms with van der Waals surface area (Å²) in [7, 11) is 5.66. The van der Waals surface area contributed by atoms with Gasteiger partial charge >= 0.3 is 0 Å². The Morgan fingerprint density at radius 1 is 1.30 bits per heavy atom. The van der Waals surface area contributed by atoms with Gasteiger partial charge in [-0.15, -0.1) is 0 Å². The molecule has 4 nitrogen and oxygen atoms in total. The summed E-state index contributed by atoms with van der Waals surface area (Å²) in [5, 5.41) is 3.15. The maximum absolute atomic E-state index is 5.81. The quantitative estimate of drug-likeness (QED) is 0.879. The Morgan fingerprint density at radius 2 is 2.05 bits per heavy atom. The molecular weight excluding hydrogens is 252 g/mol. The summed E-state index contributed by atoms with van der Waals surface area (Å²) in [6, 6.07) is 10.1. The highest BCUT2D eigenvalue weighted by molar-refractivity contribution is 5.57. The Labute approximate surface area is 120 Å². The van der Waals surface area contributed by atoms with Crippen molar-refractivity contribution in [2.45, 2.75) is 20.0 Å². The van der Waals surface area contributed by atoms with Gasteiger partial charge in [-0.3, -0.25) is 0 Å². The fourth-order valence-electron chi connectivity index (χ4n) is 2.30. The third kappa shape index (κ3) is 3.14. The molecule has 0 spiro atoms. The van der Waals surface area contributed by atoms with Crippen LogP contribution in [0.3, 0.4) is 0 Å². The van der Waals surface area contributed by atoms with Crippen LogP contribution < -0.4 is 15.0 Å². The first-order valence-electron chi connectivity index (χ1n) is 6.72. The minimum atomic E-state index is 0.713. The van der Waals surface area contributed by atoms with E-state index in [0.29, 0.717) is 6.54 Å². The molecule has 0 aliphatic carbocycles. The van der Waals surface area contributed by atoms with Gasteiger partial charge in [-0.1, -0.05) is 12.1 Å². The number of methoxy groups -OCH3 is 1. The van der Waals surface area contributed by atoms with Crippen LogP contribution >= 0.6 is 0 Å². The Kier molecular flexibility index (Phi) is 4.69. The van der Waals surface area contributed by atoms with Crippen molar-refractivity contribution in [1.82, 2.24) is 5.32 Å². The van der Waals surface area contributed by atoms with Crippen molar-refractivity contribution in [3.8, 4) is 5.75 Å². The molecule has 0 saturated carbocycles. The fourth-order valence-corrected chi connectivity index (χ4v) is 2.30. The highest BCUT2D eigenvalue weighted by atomic mass is 16.5. The highest BCUT2D eigenvalue weighted by Crippen LogP contribution is 2.28. The molecule has 0 saturated heterocycles. The first-order valence-corrected chi connectivity index (χ1v) is 6.72. The van der Waals surface area contributed by atoms with Gasteiger partial charge in [0.2, 0.25) is 0 Å². The Hall–Kier alpha value is -1.94. The van der Waals surface area contributed by atoms with Crippen LogP contribution in [0.2, 0.25) is 0 Å². The standard InChI is InChI=1S/C16H22N2O2/c1-12-13(10-17-2)9-14(20-12)11-18(3)15-7-5-6-8-16(15)19-4/h5-9,17H,10-11H2,1-4H3. The van der Waals surface area contributed by atoms with Gasteiger partial charge in [0.15, 0.2) is 0 Å². The van der Waals surface area contributed by atoms with E-state index in [2.05, 4.69) is 16.3 Å². The molecule has 4 heteroatoms. The number of rotatable bonds is 6. The largest absolute Gasteiger partial charge is 0.495 e. The topological polar surface area (TPSA) is 37.6 Å². The summed E-state index contributed by atoms with van der Waals surface area (Å²) in [6.07, 6.45) is 0. The lowest BCUT2D eigenvalue weighted by Gasteiger charge is -2.20. The zero-order chi connectivity index (χ0) is 14.5. The monoisotopic (exact) mass is 274 g/mol. The van der Waals surface area contributed by atoms with E-state index in [9.17, 15) is 0 Å². The minimum absolute atomic E-state index is 0.713. The summed E-state index contributed by atoms with van der Waals surface area (Å²) in [5.41, 5.74) is 2.26. The average Bonchev–Trinajstić information content (AvgIpc) is 2.79. The average molecular weight is 274 g/mol. The second-order valence-electron chi connectivity index (χ2n) is 4.85. The van der Waals surface area contributed by atoms with Crippen LogP contribution in [-0.2, 0) is 13.1 Å². The predicted molar refractivity (Wildman–Crippen MR) is 81.3 cm³/mol. The molecule has 0 bridgehead atoms. The lowest BCUT2D eigenvalue weighted by atomic mass is 10.2. The number of benzene rings is 1. The van der Waals surface area contributed by atoms with Gasteiger partial charge in [0, 0.05) is 19.2 Å². The van der Waals surface area contributed by atoms with Crippen LogP contribution in [0.5, 0.6) is 5.75 Å². The van der Waals surface area contributed by atoms with E-state index >= 15 is 0 Å². The van der Waals surface area contributed by atoms with E-state index in [1.807, 2.05) is 45.3 Å². The second kappa shape index (κ2) is 6.48. The van der Waals surface area contributed by atoms with Crippen molar-refractivity contribution < 1.29 is 9.15 Å². The number of hydrogen-bond donors (Lipinski definition) is 1. The zero-order valence-corrected chi connectivity index (χ0v) is 12.6. The van der Waals surface area contributed by atoms with E-state index in [0.717, 1.165) is 29.5 Å². The van der Waals surface area contributed by atoms with Gasteiger partial charge < -0.3 is 19.4 Å². The van der Waals surface area contributed by atoms with Crippen LogP contribution in [0.25, 0.3) is 0 Å². The van der Waals surface area contributed by atoms with Crippen molar-refractivity contribution in [2.75, 3.05) is 26.1 Å². The number of para-hydroxylation sites is 2. The van der Waals surface area contributed by atoms with E-state index in [4.69, 9.17) is 9.15 Å². The number of nitrogens with one attached hydrogen (secondary N) is 1. The summed E-state index contributed by atoms with van der Waals surface area (Å²) < 4.78 is 11.2. The molecule has 20 heavy (non-hydrogen) atoms. The molecule has 0 amide bonds. The number of hydrogen-bond acceptors (Lipinski definition) is 4. The van der Waals surface area contributed by atoms with Crippen molar-refractivity contribution in [1.29, 1.82) is 0 Å². The normalized spacial score (nSPS) is 10.6.